The molecule has 112 valence electrons. The molecule has 20 heavy (non-hydrogen) atoms. The number of ether oxygens (including phenoxy) is 2. The lowest BCUT2D eigenvalue weighted by Gasteiger charge is -2.42. The van der Waals surface area contributed by atoms with Crippen molar-refractivity contribution in [2.75, 3.05) is 26.1 Å². The van der Waals surface area contributed by atoms with Gasteiger partial charge in [0.15, 0.2) is 0 Å². The minimum Gasteiger partial charge on any atom is -0.467 e. The van der Waals surface area contributed by atoms with Gasteiger partial charge in [-0.1, -0.05) is 19.8 Å². The topological polar surface area (TPSA) is 95.2 Å². The van der Waals surface area contributed by atoms with Crippen molar-refractivity contribution in [3.8, 4) is 12.0 Å². The molecule has 0 bridgehead atoms. The van der Waals surface area contributed by atoms with E-state index >= 15 is 0 Å². The summed E-state index contributed by atoms with van der Waals surface area (Å²) >= 11 is 0. The number of methoxy groups -OCH3 is 2. The summed E-state index contributed by atoms with van der Waals surface area (Å²) in [4.78, 5) is 12.5. The van der Waals surface area contributed by atoms with Crippen LogP contribution in [0.25, 0.3) is 0 Å². The molecule has 2 atom stereocenters. The van der Waals surface area contributed by atoms with Gasteiger partial charge in [-0.05, 0) is 18.8 Å². The second-order valence-corrected chi connectivity index (χ2v) is 5.26. The molecule has 0 amide bonds. The fourth-order valence-corrected chi connectivity index (χ4v) is 2.75. The van der Waals surface area contributed by atoms with Crippen molar-refractivity contribution < 1.29 is 9.47 Å². The van der Waals surface area contributed by atoms with Crippen LogP contribution < -0.4 is 20.5 Å². The normalized spacial score (nSPS) is 26.1. The van der Waals surface area contributed by atoms with E-state index in [0.717, 1.165) is 19.3 Å². The molecule has 0 radical (unpaired) electrons. The van der Waals surface area contributed by atoms with Gasteiger partial charge in [-0.2, -0.15) is 9.97 Å². The van der Waals surface area contributed by atoms with Crippen LogP contribution in [-0.2, 0) is 0 Å². The average Bonchev–Trinajstić information content (AvgIpc) is 2.49. The van der Waals surface area contributed by atoms with Crippen LogP contribution in [0.3, 0.4) is 0 Å². The van der Waals surface area contributed by atoms with E-state index in [9.17, 15) is 0 Å². The molecule has 1 aliphatic carbocycles. The second kappa shape index (κ2) is 6.21. The van der Waals surface area contributed by atoms with Crippen molar-refractivity contribution in [2.24, 2.45) is 11.7 Å². The SMILES string of the molecule is COc1nc(NC2(CN)CCCCC2C)nc(OC)n1. The van der Waals surface area contributed by atoms with Crippen LogP contribution in [0.4, 0.5) is 5.95 Å². The number of nitrogens with two attached hydrogens (primary N) is 1. The summed E-state index contributed by atoms with van der Waals surface area (Å²) in [6.45, 7) is 2.76. The zero-order valence-corrected chi connectivity index (χ0v) is 12.3. The Hall–Kier alpha value is -1.63. The van der Waals surface area contributed by atoms with E-state index in [1.807, 2.05) is 0 Å². The largest absolute Gasteiger partial charge is 0.467 e. The highest BCUT2D eigenvalue weighted by molar-refractivity contribution is 5.33. The first kappa shape index (κ1) is 14.8. The number of nitrogens with one attached hydrogen (secondary N) is 1. The van der Waals surface area contributed by atoms with Crippen molar-refractivity contribution >= 4 is 5.95 Å². The molecule has 1 heterocycles. The smallest absolute Gasteiger partial charge is 0.324 e. The average molecular weight is 281 g/mol. The minimum absolute atomic E-state index is 0.171. The first-order chi connectivity index (χ1) is 9.63. The summed E-state index contributed by atoms with van der Waals surface area (Å²) < 4.78 is 10.1. The zero-order valence-electron chi connectivity index (χ0n) is 12.3. The zero-order chi connectivity index (χ0) is 14.6. The molecule has 2 rings (SSSR count). The fourth-order valence-electron chi connectivity index (χ4n) is 2.75. The van der Waals surface area contributed by atoms with Crippen molar-refractivity contribution in [2.45, 2.75) is 38.1 Å². The molecule has 0 spiro atoms. The molecular weight excluding hydrogens is 258 g/mol. The molecule has 1 aliphatic rings. The maximum atomic E-state index is 6.02. The Morgan fingerprint density at radius 1 is 1.20 bits per heavy atom. The van der Waals surface area contributed by atoms with Crippen LogP contribution in [0.1, 0.15) is 32.6 Å². The second-order valence-electron chi connectivity index (χ2n) is 5.26. The van der Waals surface area contributed by atoms with Gasteiger partial charge >= 0.3 is 12.0 Å². The van der Waals surface area contributed by atoms with Gasteiger partial charge in [0.2, 0.25) is 5.95 Å². The molecule has 0 aliphatic heterocycles. The Morgan fingerprint density at radius 3 is 2.35 bits per heavy atom. The highest BCUT2D eigenvalue weighted by Crippen LogP contribution is 2.35. The summed E-state index contributed by atoms with van der Waals surface area (Å²) in [6.07, 6.45) is 4.58. The number of hydrogen-bond acceptors (Lipinski definition) is 7. The first-order valence-corrected chi connectivity index (χ1v) is 6.96. The third kappa shape index (κ3) is 2.92. The van der Waals surface area contributed by atoms with Gasteiger partial charge in [0, 0.05) is 6.54 Å². The van der Waals surface area contributed by atoms with Crippen molar-refractivity contribution in [1.29, 1.82) is 0 Å². The van der Waals surface area contributed by atoms with Crippen LogP contribution in [0.5, 0.6) is 12.0 Å². The molecule has 3 N–H and O–H groups in total. The molecule has 0 saturated heterocycles. The Kier molecular flexibility index (Phi) is 4.59. The number of hydrogen-bond donors (Lipinski definition) is 2. The quantitative estimate of drug-likeness (QED) is 0.837. The van der Waals surface area contributed by atoms with Gasteiger partial charge in [-0.25, -0.2) is 0 Å². The van der Waals surface area contributed by atoms with E-state index < -0.39 is 0 Å². The number of nitrogens with zero attached hydrogens (tertiary/aromatic N) is 3. The molecular formula is C13H23N5O2. The minimum atomic E-state index is -0.171. The van der Waals surface area contributed by atoms with E-state index in [1.54, 1.807) is 0 Å². The lowest BCUT2D eigenvalue weighted by Crippen LogP contribution is -2.52. The predicted octanol–water partition coefficient (Wildman–Crippen LogP) is 1.21. The van der Waals surface area contributed by atoms with Crippen LogP contribution >= 0.6 is 0 Å². The third-order valence-electron chi connectivity index (χ3n) is 4.14. The van der Waals surface area contributed by atoms with Gasteiger partial charge in [-0.15, -0.1) is 4.98 Å². The van der Waals surface area contributed by atoms with Gasteiger partial charge in [0.1, 0.15) is 0 Å². The summed E-state index contributed by atoms with van der Waals surface area (Å²) in [5.74, 6) is 0.919. The van der Waals surface area contributed by atoms with E-state index in [-0.39, 0.29) is 17.6 Å². The molecule has 1 fully saturated rings. The van der Waals surface area contributed by atoms with E-state index in [0.29, 0.717) is 18.4 Å². The summed E-state index contributed by atoms with van der Waals surface area (Å²) in [7, 11) is 3.03. The van der Waals surface area contributed by atoms with Crippen LogP contribution in [0.15, 0.2) is 0 Å². The van der Waals surface area contributed by atoms with Crippen molar-refractivity contribution in [3.05, 3.63) is 0 Å². The summed E-state index contributed by atoms with van der Waals surface area (Å²) in [5, 5.41) is 3.40. The van der Waals surface area contributed by atoms with Crippen molar-refractivity contribution in [1.82, 2.24) is 15.0 Å². The summed E-state index contributed by atoms with van der Waals surface area (Å²) in [5.41, 5.74) is 5.85. The molecule has 1 aromatic heterocycles. The van der Waals surface area contributed by atoms with Gasteiger partial charge in [0.05, 0.1) is 19.8 Å². The van der Waals surface area contributed by atoms with Crippen LogP contribution in [0, 0.1) is 5.92 Å². The van der Waals surface area contributed by atoms with Crippen LogP contribution in [-0.4, -0.2) is 41.3 Å². The lowest BCUT2D eigenvalue weighted by atomic mass is 9.73. The fraction of sp³-hybridized carbons (Fsp3) is 0.769. The van der Waals surface area contributed by atoms with E-state index in [2.05, 4.69) is 27.2 Å². The lowest BCUT2D eigenvalue weighted by molar-refractivity contribution is 0.233. The number of aromatic nitrogens is 3. The van der Waals surface area contributed by atoms with Gasteiger partial charge in [0.25, 0.3) is 0 Å². The summed E-state index contributed by atoms with van der Waals surface area (Å²) in [6, 6.07) is 0.463. The van der Waals surface area contributed by atoms with Crippen LogP contribution in [0.2, 0.25) is 0 Å². The van der Waals surface area contributed by atoms with Gasteiger partial charge < -0.3 is 20.5 Å². The third-order valence-corrected chi connectivity index (χ3v) is 4.14. The van der Waals surface area contributed by atoms with E-state index in [1.165, 1.54) is 20.6 Å². The Morgan fingerprint density at radius 2 is 1.85 bits per heavy atom. The molecule has 2 unspecified atom stereocenters. The maximum Gasteiger partial charge on any atom is 0.324 e. The number of rotatable bonds is 5. The maximum absolute atomic E-state index is 6.02. The number of anilines is 1. The Balaban J connectivity index is 2.26. The highest BCUT2D eigenvalue weighted by Gasteiger charge is 2.37. The molecule has 0 aromatic carbocycles. The molecule has 1 aromatic rings. The molecule has 7 heteroatoms. The van der Waals surface area contributed by atoms with Crippen molar-refractivity contribution in [3.63, 3.8) is 0 Å². The predicted molar refractivity (Wildman–Crippen MR) is 76.0 cm³/mol. The molecule has 1 saturated carbocycles. The highest BCUT2D eigenvalue weighted by atomic mass is 16.5. The first-order valence-electron chi connectivity index (χ1n) is 6.96. The van der Waals surface area contributed by atoms with E-state index in [4.69, 9.17) is 15.2 Å². The van der Waals surface area contributed by atoms with Gasteiger partial charge in [-0.3, -0.25) is 0 Å². The molecule has 7 nitrogen and oxygen atoms in total. The standard InChI is InChI=1S/C13H23N5O2/c1-9-6-4-5-7-13(9,8-14)18-10-15-11(19-2)17-12(16-10)20-3/h9H,4-8,14H2,1-3H3,(H,15,16,17,18). The monoisotopic (exact) mass is 281 g/mol. The Bertz CT molecular complexity index is 434. The Labute approximate surface area is 119 Å².